The maximum Gasteiger partial charge on any atom is 0.500 e. The fraction of sp³-hybridized carbons (Fsp3) is 1.00. The molecule has 0 rings (SSSR count). The van der Waals surface area contributed by atoms with E-state index in [0.717, 1.165) is 24.8 Å². The van der Waals surface area contributed by atoms with Gasteiger partial charge in [0.2, 0.25) is 0 Å². The van der Waals surface area contributed by atoms with Gasteiger partial charge in [0.05, 0.1) is 6.10 Å². The number of hydrogen-bond donors (Lipinski definition) is 2. The zero-order valence-electron chi connectivity index (χ0n) is 11.2. The molecule has 0 aromatic heterocycles. The van der Waals surface area contributed by atoms with Crippen LogP contribution in [0.2, 0.25) is 6.04 Å². The number of aliphatic hydroxyl groups is 1. The van der Waals surface area contributed by atoms with Gasteiger partial charge in [-0.05, 0) is 19.2 Å². The van der Waals surface area contributed by atoms with Crippen molar-refractivity contribution in [3.8, 4) is 0 Å². The highest BCUT2D eigenvalue weighted by Crippen LogP contribution is 2.14. The molecule has 0 aromatic rings. The molecule has 104 valence electrons. The van der Waals surface area contributed by atoms with Crippen LogP contribution >= 0.6 is 11.8 Å². The first kappa shape index (κ1) is 17.4. The van der Waals surface area contributed by atoms with E-state index >= 15 is 0 Å². The molecule has 1 atom stereocenters. The van der Waals surface area contributed by atoms with E-state index in [0.29, 0.717) is 6.54 Å². The molecular formula is C10H25NO4SSi. The molecule has 0 radical (unpaired) electrons. The highest BCUT2D eigenvalue weighted by atomic mass is 32.2. The van der Waals surface area contributed by atoms with Gasteiger partial charge in [0.15, 0.2) is 0 Å². The Labute approximate surface area is 110 Å². The van der Waals surface area contributed by atoms with Crippen molar-refractivity contribution in [1.29, 1.82) is 0 Å². The summed E-state index contributed by atoms with van der Waals surface area (Å²) < 4.78 is 15.9. The molecule has 0 heterocycles. The summed E-state index contributed by atoms with van der Waals surface area (Å²) in [4.78, 5) is 0. The van der Waals surface area contributed by atoms with Crippen molar-refractivity contribution in [3.63, 3.8) is 0 Å². The lowest BCUT2D eigenvalue weighted by molar-refractivity contribution is 0.123. The van der Waals surface area contributed by atoms with Crippen LogP contribution in [0.3, 0.4) is 0 Å². The fourth-order valence-electron chi connectivity index (χ4n) is 1.51. The Morgan fingerprint density at radius 1 is 1.24 bits per heavy atom. The van der Waals surface area contributed by atoms with E-state index in [2.05, 4.69) is 5.32 Å². The molecular weight excluding hydrogens is 258 g/mol. The first-order valence-corrected chi connectivity index (χ1v) is 9.00. The molecule has 5 nitrogen and oxygen atoms in total. The maximum atomic E-state index is 9.50. The summed E-state index contributed by atoms with van der Waals surface area (Å²) in [6, 6.07) is 0.780. The summed E-state index contributed by atoms with van der Waals surface area (Å²) in [7, 11) is 2.44. The third-order valence-electron chi connectivity index (χ3n) is 2.51. The van der Waals surface area contributed by atoms with Crippen LogP contribution < -0.4 is 5.32 Å². The Morgan fingerprint density at radius 2 is 1.82 bits per heavy atom. The topological polar surface area (TPSA) is 60.0 Å². The Morgan fingerprint density at radius 3 is 2.29 bits per heavy atom. The van der Waals surface area contributed by atoms with Gasteiger partial charge in [-0.1, -0.05) is 0 Å². The molecule has 0 bridgehead atoms. The van der Waals surface area contributed by atoms with Gasteiger partial charge in [0, 0.05) is 39.7 Å². The fourth-order valence-corrected chi connectivity index (χ4v) is 3.73. The van der Waals surface area contributed by atoms with Gasteiger partial charge in [-0.15, -0.1) is 0 Å². The lowest BCUT2D eigenvalue weighted by Gasteiger charge is -2.24. The molecule has 0 aromatic carbocycles. The second-order valence-electron chi connectivity index (χ2n) is 3.71. The lowest BCUT2D eigenvalue weighted by Crippen LogP contribution is -2.43. The molecule has 0 aliphatic rings. The van der Waals surface area contributed by atoms with Crippen LogP contribution in [0.5, 0.6) is 0 Å². The second-order valence-corrected chi connectivity index (χ2v) is 7.71. The van der Waals surface area contributed by atoms with E-state index in [-0.39, 0.29) is 6.10 Å². The van der Waals surface area contributed by atoms with Crippen molar-refractivity contribution >= 4 is 20.6 Å². The summed E-state index contributed by atoms with van der Waals surface area (Å²) in [6.45, 7) is 1.46. The molecule has 0 aliphatic carbocycles. The molecule has 0 saturated heterocycles. The van der Waals surface area contributed by atoms with Crippen molar-refractivity contribution in [2.75, 3.05) is 46.4 Å². The van der Waals surface area contributed by atoms with Crippen LogP contribution in [0.15, 0.2) is 0 Å². The van der Waals surface area contributed by atoms with Crippen molar-refractivity contribution in [2.45, 2.75) is 18.6 Å². The molecule has 0 fully saturated rings. The largest absolute Gasteiger partial charge is 0.500 e. The van der Waals surface area contributed by atoms with E-state index in [1.54, 1.807) is 33.1 Å². The maximum absolute atomic E-state index is 9.50. The molecule has 0 aliphatic heterocycles. The van der Waals surface area contributed by atoms with Gasteiger partial charge in [-0.25, -0.2) is 0 Å². The predicted octanol–water partition coefficient (Wildman–Crippen LogP) is 0.568. The Balaban J connectivity index is 3.62. The van der Waals surface area contributed by atoms with E-state index in [1.165, 1.54) is 0 Å². The van der Waals surface area contributed by atoms with Crippen LogP contribution in [0, 0.1) is 0 Å². The molecule has 0 spiro atoms. The molecule has 17 heavy (non-hydrogen) atoms. The van der Waals surface area contributed by atoms with Gasteiger partial charge in [-0.3, -0.25) is 0 Å². The normalized spacial score (nSPS) is 13.9. The van der Waals surface area contributed by atoms with Gasteiger partial charge in [0.25, 0.3) is 0 Å². The quantitative estimate of drug-likeness (QED) is 0.427. The Bertz CT molecular complexity index is 175. The molecule has 0 saturated carbocycles. The molecule has 0 amide bonds. The first-order chi connectivity index (χ1) is 8.14. The number of nitrogens with one attached hydrogen (secondary N) is 1. The predicted molar refractivity (Wildman–Crippen MR) is 73.5 cm³/mol. The third-order valence-corrected chi connectivity index (χ3v) is 6.06. The van der Waals surface area contributed by atoms with Gasteiger partial charge in [-0.2, -0.15) is 11.8 Å². The van der Waals surface area contributed by atoms with Crippen LogP contribution in [-0.2, 0) is 13.3 Å². The highest BCUT2D eigenvalue weighted by molar-refractivity contribution is 7.98. The molecule has 2 N–H and O–H groups in total. The number of rotatable bonds is 11. The summed E-state index contributed by atoms with van der Waals surface area (Å²) in [5, 5.41) is 12.7. The SMILES string of the molecule is CO[Si](CCCNCC(O)CSC)(OC)OC. The van der Waals surface area contributed by atoms with E-state index in [4.69, 9.17) is 13.3 Å². The molecule has 7 heteroatoms. The monoisotopic (exact) mass is 283 g/mol. The van der Waals surface area contributed by atoms with Crippen molar-refractivity contribution in [2.24, 2.45) is 0 Å². The minimum Gasteiger partial charge on any atom is -0.391 e. The van der Waals surface area contributed by atoms with Gasteiger partial charge < -0.3 is 23.7 Å². The summed E-state index contributed by atoms with van der Waals surface area (Å²) >= 11 is 1.65. The van der Waals surface area contributed by atoms with Crippen molar-refractivity contribution in [1.82, 2.24) is 5.32 Å². The first-order valence-electron chi connectivity index (χ1n) is 5.67. The second kappa shape index (κ2) is 10.3. The zero-order valence-corrected chi connectivity index (χ0v) is 13.0. The smallest absolute Gasteiger partial charge is 0.391 e. The van der Waals surface area contributed by atoms with Gasteiger partial charge in [0.1, 0.15) is 0 Å². The highest BCUT2D eigenvalue weighted by Gasteiger charge is 2.36. The van der Waals surface area contributed by atoms with Gasteiger partial charge >= 0.3 is 8.80 Å². The van der Waals surface area contributed by atoms with E-state index in [9.17, 15) is 5.11 Å². The van der Waals surface area contributed by atoms with Crippen LogP contribution in [0.25, 0.3) is 0 Å². The Kier molecular flexibility index (Phi) is 10.5. The average Bonchev–Trinajstić information content (AvgIpc) is 2.35. The number of hydrogen-bond acceptors (Lipinski definition) is 6. The Hall–Kier alpha value is 0.367. The number of aliphatic hydroxyl groups excluding tert-OH is 1. The van der Waals surface area contributed by atoms with Crippen LogP contribution in [0.4, 0.5) is 0 Å². The van der Waals surface area contributed by atoms with Crippen LogP contribution in [0.1, 0.15) is 6.42 Å². The summed E-state index contributed by atoms with van der Waals surface area (Å²) in [6.07, 6.45) is 2.62. The lowest BCUT2D eigenvalue weighted by atomic mass is 10.4. The van der Waals surface area contributed by atoms with E-state index < -0.39 is 8.80 Å². The van der Waals surface area contributed by atoms with Crippen molar-refractivity contribution in [3.05, 3.63) is 0 Å². The van der Waals surface area contributed by atoms with Crippen LogP contribution in [-0.4, -0.2) is 66.4 Å². The standard InChI is InChI=1S/C10H25NO4SSi/c1-13-17(14-2,15-3)7-5-6-11-8-10(12)9-16-4/h10-12H,5-9H2,1-4H3. The number of thioether (sulfide) groups is 1. The zero-order chi connectivity index (χ0) is 13.1. The third kappa shape index (κ3) is 7.40. The summed E-state index contributed by atoms with van der Waals surface area (Å²) in [5.74, 6) is 0.764. The minimum absolute atomic E-state index is 0.278. The summed E-state index contributed by atoms with van der Waals surface area (Å²) in [5.41, 5.74) is 0. The minimum atomic E-state index is -2.42. The average molecular weight is 283 g/mol. The van der Waals surface area contributed by atoms with E-state index in [1.807, 2.05) is 6.26 Å². The van der Waals surface area contributed by atoms with Crippen molar-refractivity contribution < 1.29 is 18.4 Å². The molecule has 1 unspecified atom stereocenters.